The van der Waals surface area contributed by atoms with Crippen molar-refractivity contribution in [2.75, 3.05) is 26.2 Å². The first kappa shape index (κ1) is 33.1. The van der Waals surface area contributed by atoms with Crippen LogP contribution in [0.15, 0.2) is 54.9 Å². The molecular formula is C30H41N7O6. The molecule has 2 heterocycles. The van der Waals surface area contributed by atoms with Crippen molar-refractivity contribution in [1.29, 1.82) is 0 Å². The number of aromatic nitrogens is 1. The summed E-state index contributed by atoms with van der Waals surface area (Å²) in [4.78, 5) is 71.5. The van der Waals surface area contributed by atoms with Crippen LogP contribution in [0.2, 0.25) is 0 Å². The van der Waals surface area contributed by atoms with Gasteiger partial charge in [-0.05, 0) is 30.0 Å². The van der Waals surface area contributed by atoms with Crippen LogP contribution < -0.4 is 26.6 Å². The zero-order valence-electron chi connectivity index (χ0n) is 24.7. The Balaban J connectivity index is 1.88. The fraction of sp³-hybridized carbons (Fsp3) is 0.467. The predicted octanol–water partition coefficient (Wildman–Crippen LogP) is -1.14. The van der Waals surface area contributed by atoms with E-state index in [4.69, 9.17) is 0 Å². The molecule has 6 N–H and O–H groups in total. The van der Waals surface area contributed by atoms with Gasteiger partial charge in [-0.3, -0.25) is 33.9 Å². The Bertz CT molecular complexity index is 1240. The highest BCUT2D eigenvalue weighted by Gasteiger charge is 2.31. The molecule has 43 heavy (non-hydrogen) atoms. The van der Waals surface area contributed by atoms with Crippen molar-refractivity contribution in [1.82, 2.24) is 36.5 Å². The number of rotatable bonds is 6. The molecule has 5 amide bonds. The Labute approximate surface area is 251 Å². The molecule has 1 saturated heterocycles. The van der Waals surface area contributed by atoms with Gasteiger partial charge in [-0.25, -0.2) is 0 Å². The van der Waals surface area contributed by atoms with Crippen molar-refractivity contribution >= 4 is 29.5 Å². The Morgan fingerprint density at radius 1 is 0.860 bits per heavy atom. The largest absolute Gasteiger partial charge is 0.394 e. The summed E-state index contributed by atoms with van der Waals surface area (Å²) < 4.78 is 0. The van der Waals surface area contributed by atoms with Gasteiger partial charge >= 0.3 is 0 Å². The van der Waals surface area contributed by atoms with E-state index in [0.29, 0.717) is 6.54 Å². The molecule has 0 saturated carbocycles. The van der Waals surface area contributed by atoms with Crippen molar-refractivity contribution in [3.8, 4) is 0 Å². The van der Waals surface area contributed by atoms with E-state index < -0.39 is 60.3 Å². The average molecular weight is 596 g/mol. The molecule has 2 aromatic rings. The number of carbonyl (C=O) groups excluding carboxylic acids is 5. The maximum absolute atomic E-state index is 13.3. The molecule has 4 atom stereocenters. The summed E-state index contributed by atoms with van der Waals surface area (Å²) in [5.74, 6) is -3.20. The maximum atomic E-state index is 13.3. The molecule has 0 unspecified atom stereocenters. The first-order valence-electron chi connectivity index (χ1n) is 14.3. The third kappa shape index (κ3) is 10.5. The second-order valence-corrected chi connectivity index (χ2v) is 10.9. The highest BCUT2D eigenvalue weighted by atomic mass is 16.3. The van der Waals surface area contributed by atoms with Crippen LogP contribution >= 0.6 is 0 Å². The monoisotopic (exact) mass is 595 g/mol. The number of nitrogens with one attached hydrogen (secondary N) is 5. The molecule has 232 valence electrons. The molecule has 1 aliphatic heterocycles. The third-order valence-corrected chi connectivity index (χ3v) is 6.97. The van der Waals surface area contributed by atoms with Crippen molar-refractivity contribution in [2.24, 2.45) is 5.92 Å². The lowest BCUT2D eigenvalue weighted by molar-refractivity contribution is -0.135. The van der Waals surface area contributed by atoms with E-state index >= 15 is 0 Å². The van der Waals surface area contributed by atoms with E-state index in [-0.39, 0.29) is 32.0 Å². The minimum absolute atomic E-state index is 0.0698. The molecule has 3 rings (SSSR count). The summed E-state index contributed by atoms with van der Waals surface area (Å²) >= 11 is 0. The third-order valence-electron chi connectivity index (χ3n) is 6.97. The summed E-state index contributed by atoms with van der Waals surface area (Å²) in [5, 5.41) is 23.1. The van der Waals surface area contributed by atoms with Gasteiger partial charge < -0.3 is 31.7 Å². The second-order valence-electron chi connectivity index (χ2n) is 10.9. The van der Waals surface area contributed by atoms with Gasteiger partial charge in [0, 0.05) is 38.4 Å². The summed E-state index contributed by atoms with van der Waals surface area (Å²) in [6.07, 6.45) is 3.49. The Morgan fingerprint density at radius 2 is 1.56 bits per heavy atom. The van der Waals surface area contributed by atoms with Crippen LogP contribution in [0, 0.1) is 5.92 Å². The van der Waals surface area contributed by atoms with Crippen molar-refractivity contribution in [2.45, 2.75) is 57.9 Å². The highest BCUT2D eigenvalue weighted by molar-refractivity contribution is 5.95. The molecule has 1 fully saturated rings. The lowest BCUT2D eigenvalue weighted by Crippen LogP contribution is -2.60. The van der Waals surface area contributed by atoms with E-state index in [9.17, 15) is 29.1 Å². The number of carbonyl (C=O) groups is 5. The lowest BCUT2D eigenvalue weighted by Gasteiger charge is -2.28. The molecule has 1 aromatic carbocycles. The van der Waals surface area contributed by atoms with Gasteiger partial charge in [-0.1, -0.05) is 50.2 Å². The van der Waals surface area contributed by atoms with E-state index in [2.05, 4.69) is 31.6 Å². The first-order valence-corrected chi connectivity index (χ1v) is 14.3. The number of amides is 5. The smallest absolute Gasteiger partial charge is 0.245 e. The minimum Gasteiger partial charge on any atom is -0.394 e. The lowest BCUT2D eigenvalue weighted by atomic mass is 10.0. The van der Waals surface area contributed by atoms with Gasteiger partial charge in [0.05, 0.1) is 13.2 Å². The summed E-state index contributed by atoms with van der Waals surface area (Å²) in [6.45, 7) is 4.95. The van der Waals surface area contributed by atoms with Gasteiger partial charge in [-0.15, -0.1) is 0 Å². The Morgan fingerprint density at radius 3 is 2.21 bits per heavy atom. The summed E-state index contributed by atoms with van der Waals surface area (Å²) in [5.41, 5.74) is 1.65. The molecule has 0 bridgehead atoms. The van der Waals surface area contributed by atoms with E-state index in [1.165, 1.54) is 6.92 Å². The number of hydrogen-bond donors (Lipinski definition) is 6. The fourth-order valence-electron chi connectivity index (χ4n) is 4.57. The van der Waals surface area contributed by atoms with Gasteiger partial charge in [0.2, 0.25) is 29.5 Å². The molecule has 0 aliphatic carbocycles. The molecule has 0 radical (unpaired) electrons. The topological polar surface area (TPSA) is 182 Å². The number of nitrogens with zero attached hydrogens (tertiary/aromatic N) is 2. The highest BCUT2D eigenvalue weighted by Crippen LogP contribution is 2.07. The molecule has 13 nitrogen and oxygen atoms in total. The summed E-state index contributed by atoms with van der Waals surface area (Å²) in [6, 6.07) is 8.35. The summed E-state index contributed by atoms with van der Waals surface area (Å²) in [7, 11) is 0. The number of hydrogen-bond acceptors (Lipinski definition) is 8. The van der Waals surface area contributed by atoms with Crippen LogP contribution in [0.25, 0.3) is 0 Å². The van der Waals surface area contributed by atoms with Crippen molar-refractivity contribution in [3.05, 3.63) is 66.0 Å². The van der Waals surface area contributed by atoms with Crippen LogP contribution in [0.5, 0.6) is 0 Å². The van der Waals surface area contributed by atoms with Crippen LogP contribution in [0.4, 0.5) is 0 Å². The van der Waals surface area contributed by atoms with Crippen LogP contribution in [0.3, 0.4) is 0 Å². The van der Waals surface area contributed by atoms with E-state index in [1.54, 1.807) is 32.3 Å². The molecule has 1 aliphatic rings. The van der Waals surface area contributed by atoms with Crippen molar-refractivity contribution < 1.29 is 29.1 Å². The predicted molar refractivity (Wildman–Crippen MR) is 158 cm³/mol. The number of aliphatic hydroxyl groups excluding tert-OH is 1. The van der Waals surface area contributed by atoms with Gasteiger partial charge in [0.15, 0.2) is 0 Å². The number of benzene rings is 1. The zero-order chi connectivity index (χ0) is 31.4. The van der Waals surface area contributed by atoms with Crippen LogP contribution in [-0.4, -0.2) is 94.9 Å². The first-order chi connectivity index (χ1) is 20.6. The Kier molecular flexibility index (Phi) is 12.6. The normalized spacial score (nSPS) is 23.7. The quantitative estimate of drug-likeness (QED) is 0.242. The maximum Gasteiger partial charge on any atom is 0.245 e. The van der Waals surface area contributed by atoms with Crippen LogP contribution in [-0.2, 0) is 36.9 Å². The van der Waals surface area contributed by atoms with E-state index in [0.717, 1.165) is 11.1 Å². The second kappa shape index (κ2) is 16.3. The minimum atomic E-state index is -1.37. The molecular weight excluding hydrogens is 554 g/mol. The zero-order valence-corrected chi connectivity index (χ0v) is 24.7. The van der Waals surface area contributed by atoms with E-state index in [1.807, 2.05) is 41.3 Å². The fourth-order valence-corrected chi connectivity index (χ4v) is 4.57. The van der Waals surface area contributed by atoms with Gasteiger partial charge in [0.25, 0.3) is 0 Å². The molecule has 0 spiro atoms. The Hall–Kier alpha value is -4.36. The molecule has 13 heteroatoms. The standard InChI is InChI=1S/C30H41N7O6/c1-19(2)26-30(43)33-20(3)27(40)35-24(18-38)29(42)34-23(14-21-8-5-4-6-9-21)28(41)32-12-13-37(17-25(39)36-26)16-22-10-7-11-31-15-22/h4-11,15,19-20,23-24,26,38H,12-14,16-18H2,1-3H3,(H,32,41)(H,33,43)(H,34,42)(H,35,40)(H,36,39)/t20-,23+,24-,26+/m0/s1. The number of aliphatic hydroxyl groups is 1. The SMILES string of the molecule is CC(C)[C@H]1NC(=O)CN(Cc2cccnc2)CCNC(=O)[C@@H](Cc2ccccc2)NC(=O)[C@H](CO)NC(=O)[C@H](C)NC1=O. The van der Waals surface area contributed by atoms with Gasteiger partial charge in [-0.2, -0.15) is 0 Å². The number of pyridine rings is 1. The van der Waals surface area contributed by atoms with Gasteiger partial charge in [0.1, 0.15) is 24.2 Å². The van der Waals surface area contributed by atoms with Crippen LogP contribution in [0.1, 0.15) is 31.9 Å². The average Bonchev–Trinajstić information content (AvgIpc) is 2.98. The van der Waals surface area contributed by atoms with Crippen molar-refractivity contribution in [3.63, 3.8) is 0 Å². The molecule has 1 aromatic heterocycles.